The van der Waals surface area contributed by atoms with Gasteiger partial charge in [0.25, 0.3) is 0 Å². The first-order chi connectivity index (χ1) is 9.32. The Morgan fingerprint density at radius 3 is 2.80 bits per heavy atom. The number of methoxy groups -OCH3 is 1. The molecule has 0 aromatic heterocycles. The smallest absolute Gasteiger partial charge is 0.225 e. The van der Waals surface area contributed by atoms with Crippen molar-refractivity contribution >= 4 is 5.91 Å². The van der Waals surface area contributed by atoms with E-state index in [1.165, 1.54) is 0 Å². The Balaban J connectivity index is 2.32. The summed E-state index contributed by atoms with van der Waals surface area (Å²) in [5, 5.41) is 12.8. The van der Waals surface area contributed by atoms with Crippen LogP contribution in [0.1, 0.15) is 33.6 Å². The molecule has 1 aliphatic rings. The summed E-state index contributed by atoms with van der Waals surface area (Å²) in [4.78, 5) is 14.1. The van der Waals surface area contributed by atoms with E-state index < -0.39 is 6.10 Å². The number of piperidine rings is 1. The topological polar surface area (TPSA) is 61.8 Å². The zero-order valence-electron chi connectivity index (χ0n) is 13.3. The van der Waals surface area contributed by atoms with Gasteiger partial charge in [-0.1, -0.05) is 20.8 Å². The van der Waals surface area contributed by atoms with E-state index in [0.29, 0.717) is 19.1 Å². The van der Waals surface area contributed by atoms with Gasteiger partial charge in [0.05, 0.1) is 12.7 Å². The van der Waals surface area contributed by atoms with Gasteiger partial charge in [-0.3, -0.25) is 4.79 Å². The van der Waals surface area contributed by atoms with E-state index in [9.17, 15) is 9.90 Å². The van der Waals surface area contributed by atoms with E-state index in [1.807, 2.05) is 20.8 Å². The second-order valence-corrected chi connectivity index (χ2v) is 6.84. The fourth-order valence-electron chi connectivity index (χ4n) is 2.53. The lowest BCUT2D eigenvalue weighted by Crippen LogP contribution is -2.45. The number of likely N-dealkylation sites (tertiary alicyclic amines) is 1. The van der Waals surface area contributed by atoms with Crippen molar-refractivity contribution in [2.75, 3.05) is 39.9 Å². The summed E-state index contributed by atoms with van der Waals surface area (Å²) < 4.78 is 4.95. The number of nitrogens with zero attached hydrogens (tertiary/aromatic N) is 1. The Bertz CT molecular complexity index is 302. The average Bonchev–Trinajstić information content (AvgIpc) is 2.35. The molecular formula is C15H30N2O3. The lowest BCUT2D eigenvalue weighted by atomic mass is 9.94. The van der Waals surface area contributed by atoms with Gasteiger partial charge in [0, 0.05) is 32.2 Å². The van der Waals surface area contributed by atoms with E-state index >= 15 is 0 Å². The molecule has 1 fully saturated rings. The number of carbonyl (C=O) groups is 1. The number of amides is 1. The highest BCUT2D eigenvalue weighted by molar-refractivity contribution is 5.81. The van der Waals surface area contributed by atoms with Crippen molar-refractivity contribution < 1.29 is 14.6 Å². The first-order valence-corrected chi connectivity index (χ1v) is 7.50. The number of hydrogen-bond donors (Lipinski definition) is 2. The fourth-order valence-corrected chi connectivity index (χ4v) is 2.53. The largest absolute Gasteiger partial charge is 0.389 e. The van der Waals surface area contributed by atoms with E-state index in [4.69, 9.17) is 4.74 Å². The molecule has 0 aromatic rings. The van der Waals surface area contributed by atoms with Crippen molar-refractivity contribution in [3.8, 4) is 0 Å². The number of aliphatic hydroxyl groups is 1. The average molecular weight is 286 g/mol. The van der Waals surface area contributed by atoms with Crippen LogP contribution in [0.25, 0.3) is 0 Å². The van der Waals surface area contributed by atoms with Gasteiger partial charge in [0.1, 0.15) is 0 Å². The summed E-state index contributed by atoms with van der Waals surface area (Å²) in [7, 11) is 1.60. The van der Waals surface area contributed by atoms with Crippen LogP contribution >= 0.6 is 0 Å². The molecule has 0 saturated carbocycles. The highest BCUT2D eigenvalue weighted by Gasteiger charge is 2.25. The van der Waals surface area contributed by atoms with Gasteiger partial charge in [0.2, 0.25) is 5.91 Å². The summed E-state index contributed by atoms with van der Waals surface area (Å²) in [5.41, 5.74) is -0.330. The number of rotatable bonds is 6. The minimum absolute atomic E-state index is 0.106. The molecule has 0 aliphatic carbocycles. The lowest BCUT2D eigenvalue weighted by molar-refractivity contribution is -0.128. The first kappa shape index (κ1) is 17.4. The van der Waals surface area contributed by atoms with Crippen LogP contribution in [0.2, 0.25) is 0 Å². The fraction of sp³-hybridized carbons (Fsp3) is 0.933. The minimum atomic E-state index is -0.428. The van der Waals surface area contributed by atoms with E-state index in [-0.39, 0.29) is 11.3 Å². The number of β-amino-alcohol motifs (C(OH)–C–C–N with tert-alkyl or cyclic N) is 1. The molecule has 0 aromatic carbocycles. The molecule has 0 spiro atoms. The van der Waals surface area contributed by atoms with Crippen molar-refractivity contribution in [1.82, 2.24) is 10.2 Å². The third-order valence-corrected chi connectivity index (χ3v) is 3.66. The number of carbonyl (C=O) groups excluding carboxylic acids is 1. The molecule has 1 rings (SSSR count). The van der Waals surface area contributed by atoms with Gasteiger partial charge in [0.15, 0.2) is 0 Å². The zero-order valence-corrected chi connectivity index (χ0v) is 13.3. The minimum Gasteiger partial charge on any atom is -0.389 e. The summed E-state index contributed by atoms with van der Waals surface area (Å²) >= 11 is 0. The normalized spacial score (nSPS) is 22.6. The predicted octanol–water partition coefficient (Wildman–Crippen LogP) is 0.868. The van der Waals surface area contributed by atoms with Crippen molar-refractivity contribution in [3.05, 3.63) is 0 Å². The molecule has 5 heteroatoms. The van der Waals surface area contributed by atoms with Crippen LogP contribution in [-0.4, -0.2) is 61.9 Å². The monoisotopic (exact) mass is 286 g/mol. The van der Waals surface area contributed by atoms with Gasteiger partial charge < -0.3 is 20.1 Å². The molecule has 1 saturated heterocycles. The molecule has 20 heavy (non-hydrogen) atoms. The maximum Gasteiger partial charge on any atom is 0.225 e. The van der Waals surface area contributed by atoms with Crippen LogP contribution in [0.4, 0.5) is 0 Å². The first-order valence-electron chi connectivity index (χ1n) is 7.50. The Hall–Kier alpha value is -0.650. The molecule has 0 bridgehead atoms. The summed E-state index contributed by atoms with van der Waals surface area (Å²) in [6, 6.07) is 0. The molecule has 0 unspecified atom stereocenters. The van der Waals surface area contributed by atoms with E-state index in [0.717, 1.165) is 32.5 Å². The highest BCUT2D eigenvalue weighted by atomic mass is 16.5. The molecule has 118 valence electrons. The second kappa shape index (κ2) is 7.96. The van der Waals surface area contributed by atoms with Gasteiger partial charge >= 0.3 is 0 Å². The number of ether oxygens (including phenoxy) is 1. The van der Waals surface area contributed by atoms with Crippen molar-refractivity contribution in [2.24, 2.45) is 11.3 Å². The van der Waals surface area contributed by atoms with Crippen LogP contribution in [0.5, 0.6) is 0 Å². The third kappa shape index (κ3) is 6.20. The Labute approximate surface area is 122 Å². The van der Waals surface area contributed by atoms with Gasteiger partial charge in [-0.25, -0.2) is 0 Å². The van der Waals surface area contributed by atoms with Crippen LogP contribution in [0, 0.1) is 11.3 Å². The molecule has 1 amide bonds. The molecule has 5 nitrogen and oxygen atoms in total. The number of aliphatic hydroxyl groups excluding tert-OH is 1. The summed E-state index contributed by atoms with van der Waals surface area (Å²) in [6.07, 6.45) is 1.83. The Morgan fingerprint density at radius 1 is 1.50 bits per heavy atom. The van der Waals surface area contributed by atoms with Crippen molar-refractivity contribution in [2.45, 2.75) is 39.7 Å². The zero-order chi connectivity index (χ0) is 15.2. The second-order valence-electron chi connectivity index (χ2n) is 6.84. The maximum absolute atomic E-state index is 11.9. The Morgan fingerprint density at radius 2 is 2.20 bits per heavy atom. The Kier molecular flexibility index (Phi) is 6.92. The molecule has 1 heterocycles. The molecular weight excluding hydrogens is 256 g/mol. The van der Waals surface area contributed by atoms with Gasteiger partial charge in [-0.2, -0.15) is 0 Å². The van der Waals surface area contributed by atoms with Crippen molar-refractivity contribution in [1.29, 1.82) is 0 Å². The van der Waals surface area contributed by atoms with Gasteiger partial charge in [-0.15, -0.1) is 0 Å². The SMILES string of the molecule is COC[C@@H](O)CN1CCC[C@H](CNC(=O)C(C)(C)C)C1. The summed E-state index contributed by atoms with van der Waals surface area (Å²) in [6.45, 7) is 9.49. The standard InChI is InChI=1S/C15H30N2O3/c1-15(2,3)14(19)16-8-12-6-5-7-17(9-12)10-13(18)11-20-4/h12-13,18H,5-11H2,1-4H3,(H,16,19)/t12-,13+/m1/s1. The molecule has 2 atom stereocenters. The van der Waals surface area contributed by atoms with Crippen LogP contribution < -0.4 is 5.32 Å². The maximum atomic E-state index is 11.9. The lowest BCUT2D eigenvalue weighted by Gasteiger charge is -2.34. The van der Waals surface area contributed by atoms with Gasteiger partial charge in [-0.05, 0) is 25.3 Å². The number of hydrogen-bond acceptors (Lipinski definition) is 4. The van der Waals surface area contributed by atoms with Crippen LogP contribution in [0.3, 0.4) is 0 Å². The molecule has 0 radical (unpaired) electrons. The van der Waals surface area contributed by atoms with E-state index in [2.05, 4.69) is 10.2 Å². The summed E-state index contributed by atoms with van der Waals surface area (Å²) in [5.74, 6) is 0.582. The van der Waals surface area contributed by atoms with Crippen molar-refractivity contribution in [3.63, 3.8) is 0 Å². The predicted molar refractivity (Wildman–Crippen MR) is 79.5 cm³/mol. The molecule has 2 N–H and O–H groups in total. The number of nitrogens with one attached hydrogen (secondary N) is 1. The quantitative estimate of drug-likeness (QED) is 0.760. The van der Waals surface area contributed by atoms with E-state index in [1.54, 1.807) is 7.11 Å². The van der Waals surface area contributed by atoms with Crippen LogP contribution in [0.15, 0.2) is 0 Å². The third-order valence-electron chi connectivity index (χ3n) is 3.66. The molecule has 1 aliphatic heterocycles. The van der Waals surface area contributed by atoms with Crippen LogP contribution in [-0.2, 0) is 9.53 Å². The highest BCUT2D eigenvalue weighted by Crippen LogP contribution is 2.17.